The van der Waals surface area contributed by atoms with Gasteiger partial charge in [-0.1, -0.05) is 6.07 Å². The number of nitrogens with two attached hydrogens (primary N) is 1. The number of amidine groups is 1. The van der Waals surface area contributed by atoms with Crippen LogP contribution >= 0.6 is 23.7 Å². The molecule has 0 aliphatic carbocycles. The van der Waals surface area contributed by atoms with Crippen LogP contribution < -0.4 is 10.5 Å². The first kappa shape index (κ1) is 17.1. The Balaban J connectivity index is 0.00000192. The van der Waals surface area contributed by atoms with Crippen molar-refractivity contribution in [2.24, 2.45) is 5.73 Å². The second-order valence-corrected chi connectivity index (χ2v) is 5.88. The van der Waals surface area contributed by atoms with E-state index in [4.69, 9.17) is 15.9 Å². The van der Waals surface area contributed by atoms with Crippen LogP contribution in [0.25, 0.3) is 10.1 Å². The first-order chi connectivity index (χ1) is 10.5. The molecule has 0 radical (unpaired) electrons. The van der Waals surface area contributed by atoms with Crippen LogP contribution in [0.3, 0.4) is 0 Å². The summed E-state index contributed by atoms with van der Waals surface area (Å²) in [7, 11) is 0. The summed E-state index contributed by atoms with van der Waals surface area (Å²) in [5, 5.41) is 17.8. The molecule has 0 atom stereocenters. The molecule has 4 nitrogen and oxygen atoms in total. The second-order valence-electron chi connectivity index (χ2n) is 4.80. The largest absolute Gasteiger partial charge is 0.505 e. The fraction of sp³-hybridized carbons (Fsp3) is 0.0625. The third kappa shape index (κ3) is 3.72. The number of hydrogen-bond acceptors (Lipinski definition) is 4. The van der Waals surface area contributed by atoms with Crippen LogP contribution in [0.15, 0.2) is 42.5 Å². The van der Waals surface area contributed by atoms with Gasteiger partial charge in [-0.15, -0.1) is 23.7 Å². The lowest BCUT2D eigenvalue weighted by atomic mass is 10.2. The molecule has 0 bridgehead atoms. The average Bonchev–Trinajstić information content (AvgIpc) is 2.92. The van der Waals surface area contributed by atoms with Crippen molar-refractivity contribution in [2.75, 3.05) is 0 Å². The van der Waals surface area contributed by atoms with Crippen molar-refractivity contribution in [3.05, 3.63) is 58.7 Å². The Hall–Kier alpha value is -2.31. The van der Waals surface area contributed by atoms with Gasteiger partial charge in [-0.3, -0.25) is 5.41 Å². The molecule has 1 aromatic heterocycles. The van der Waals surface area contributed by atoms with E-state index < -0.39 is 5.82 Å². The molecular formula is C16H14ClFN2O2S. The SMILES string of the molecule is Cl.N=C(N)c1cc2ccc(OCc3ccc(F)c(O)c3)cc2s1. The van der Waals surface area contributed by atoms with Gasteiger partial charge in [0.25, 0.3) is 0 Å². The molecule has 0 amide bonds. The zero-order chi connectivity index (χ0) is 15.7. The predicted octanol–water partition coefficient (Wildman–Crippen LogP) is 4.03. The van der Waals surface area contributed by atoms with Crippen LogP contribution in [0.1, 0.15) is 10.4 Å². The van der Waals surface area contributed by atoms with Gasteiger partial charge in [0.1, 0.15) is 18.2 Å². The monoisotopic (exact) mass is 352 g/mol. The average molecular weight is 353 g/mol. The molecular weight excluding hydrogens is 339 g/mol. The maximum absolute atomic E-state index is 13.0. The van der Waals surface area contributed by atoms with E-state index in [9.17, 15) is 9.50 Å². The Morgan fingerprint density at radius 3 is 2.70 bits per heavy atom. The molecule has 3 aromatic rings. The number of phenolic OH excluding ortho intramolecular Hbond substituents is 1. The Morgan fingerprint density at radius 1 is 1.22 bits per heavy atom. The van der Waals surface area contributed by atoms with Gasteiger partial charge < -0.3 is 15.6 Å². The third-order valence-corrected chi connectivity index (χ3v) is 4.30. The molecule has 0 spiro atoms. The highest BCUT2D eigenvalue weighted by Crippen LogP contribution is 2.29. The van der Waals surface area contributed by atoms with Gasteiger partial charge in [-0.25, -0.2) is 4.39 Å². The fourth-order valence-electron chi connectivity index (χ4n) is 2.05. The summed E-state index contributed by atoms with van der Waals surface area (Å²) in [6.45, 7) is 0.226. The van der Waals surface area contributed by atoms with Gasteiger partial charge in [-0.2, -0.15) is 0 Å². The number of halogens is 2. The number of rotatable bonds is 4. The van der Waals surface area contributed by atoms with Gasteiger partial charge in [-0.05, 0) is 47.3 Å². The van der Waals surface area contributed by atoms with Gasteiger partial charge in [0.15, 0.2) is 11.6 Å². The highest BCUT2D eigenvalue weighted by atomic mass is 35.5. The maximum Gasteiger partial charge on any atom is 0.164 e. The summed E-state index contributed by atoms with van der Waals surface area (Å²) in [4.78, 5) is 0.718. The van der Waals surface area contributed by atoms with E-state index in [-0.39, 0.29) is 30.6 Å². The number of benzene rings is 2. The molecule has 7 heteroatoms. The van der Waals surface area contributed by atoms with Crippen LogP contribution in [-0.4, -0.2) is 10.9 Å². The molecule has 3 rings (SSSR count). The van der Waals surface area contributed by atoms with E-state index in [0.29, 0.717) is 11.3 Å². The lowest BCUT2D eigenvalue weighted by Crippen LogP contribution is -2.08. The van der Waals surface area contributed by atoms with Crippen molar-refractivity contribution in [1.29, 1.82) is 5.41 Å². The van der Waals surface area contributed by atoms with Crippen LogP contribution in [-0.2, 0) is 6.61 Å². The smallest absolute Gasteiger partial charge is 0.164 e. The molecule has 0 aliphatic heterocycles. The minimum atomic E-state index is -0.652. The van der Waals surface area contributed by atoms with E-state index >= 15 is 0 Å². The van der Waals surface area contributed by atoms with Gasteiger partial charge in [0.2, 0.25) is 0 Å². The summed E-state index contributed by atoms with van der Waals surface area (Å²) in [6, 6.07) is 11.6. The normalized spacial score (nSPS) is 10.3. The number of hydrogen-bond donors (Lipinski definition) is 3. The molecule has 4 N–H and O–H groups in total. The van der Waals surface area contributed by atoms with Crippen LogP contribution in [0.2, 0.25) is 0 Å². The standard InChI is InChI=1S/C16H13FN2O2S.ClH/c17-12-4-1-9(5-13(12)20)8-21-11-3-2-10-6-15(16(18)19)22-14(10)7-11;/h1-7,20H,8H2,(H3,18,19);1H. The highest BCUT2D eigenvalue weighted by Gasteiger charge is 2.06. The quantitative estimate of drug-likeness (QED) is 0.490. The highest BCUT2D eigenvalue weighted by molar-refractivity contribution is 7.20. The van der Waals surface area contributed by atoms with Crippen LogP contribution in [0.5, 0.6) is 11.5 Å². The molecule has 23 heavy (non-hydrogen) atoms. The number of ether oxygens (including phenoxy) is 1. The van der Waals surface area contributed by atoms with Crippen molar-refractivity contribution in [1.82, 2.24) is 0 Å². The van der Waals surface area contributed by atoms with E-state index in [1.807, 2.05) is 24.3 Å². The Morgan fingerprint density at radius 2 is 2.00 bits per heavy atom. The summed E-state index contributed by atoms with van der Waals surface area (Å²) in [5.74, 6) is -0.333. The number of nitrogen functional groups attached to an aromatic ring is 1. The van der Waals surface area contributed by atoms with E-state index in [1.54, 1.807) is 6.07 Å². The van der Waals surface area contributed by atoms with Crippen molar-refractivity contribution in [3.63, 3.8) is 0 Å². The molecule has 1 heterocycles. The van der Waals surface area contributed by atoms with Crippen molar-refractivity contribution in [2.45, 2.75) is 6.61 Å². The molecule has 2 aromatic carbocycles. The minimum Gasteiger partial charge on any atom is -0.505 e. The van der Waals surface area contributed by atoms with Gasteiger partial charge in [0.05, 0.1) is 4.88 Å². The first-order valence-corrected chi connectivity index (χ1v) is 7.33. The third-order valence-electron chi connectivity index (χ3n) is 3.17. The summed E-state index contributed by atoms with van der Waals surface area (Å²) >= 11 is 1.43. The number of thiophene rings is 1. The molecule has 0 saturated carbocycles. The van der Waals surface area contributed by atoms with Crippen LogP contribution in [0.4, 0.5) is 4.39 Å². The second kappa shape index (κ2) is 6.85. The zero-order valence-corrected chi connectivity index (χ0v) is 13.5. The molecule has 120 valence electrons. The van der Waals surface area contributed by atoms with Crippen molar-refractivity contribution >= 4 is 39.7 Å². The molecule has 0 unspecified atom stereocenters. The number of aromatic hydroxyl groups is 1. The van der Waals surface area contributed by atoms with Gasteiger partial charge in [0, 0.05) is 4.70 Å². The van der Waals surface area contributed by atoms with E-state index in [0.717, 1.165) is 15.0 Å². The summed E-state index contributed by atoms with van der Waals surface area (Å²) in [5.41, 5.74) is 6.16. The predicted molar refractivity (Wildman–Crippen MR) is 92.5 cm³/mol. The van der Waals surface area contributed by atoms with E-state index in [2.05, 4.69) is 0 Å². The fourth-order valence-corrected chi connectivity index (χ4v) is 3.00. The van der Waals surface area contributed by atoms with Gasteiger partial charge >= 0.3 is 0 Å². The molecule has 0 aliphatic rings. The topological polar surface area (TPSA) is 79.3 Å². The maximum atomic E-state index is 13.0. The lowest BCUT2D eigenvalue weighted by molar-refractivity contribution is 0.305. The van der Waals surface area contributed by atoms with Crippen molar-refractivity contribution in [3.8, 4) is 11.5 Å². The summed E-state index contributed by atoms with van der Waals surface area (Å²) in [6.07, 6.45) is 0. The van der Waals surface area contributed by atoms with E-state index in [1.165, 1.54) is 23.5 Å². The minimum absolute atomic E-state index is 0. The Labute approximate surface area is 142 Å². The number of fused-ring (bicyclic) bond motifs is 1. The molecule has 0 fully saturated rings. The van der Waals surface area contributed by atoms with Crippen LogP contribution in [0, 0.1) is 11.2 Å². The lowest BCUT2D eigenvalue weighted by Gasteiger charge is -2.07. The summed E-state index contributed by atoms with van der Waals surface area (Å²) < 4.78 is 19.6. The first-order valence-electron chi connectivity index (χ1n) is 6.51. The number of phenols is 1. The van der Waals surface area contributed by atoms with Crippen molar-refractivity contribution < 1.29 is 14.2 Å². The molecule has 0 saturated heterocycles. The number of nitrogens with one attached hydrogen (secondary N) is 1. The Kier molecular flexibility index (Phi) is 5.08. The Bertz CT molecular complexity index is 866. The zero-order valence-electron chi connectivity index (χ0n) is 11.9.